The van der Waals surface area contributed by atoms with Crippen molar-refractivity contribution in [2.45, 2.75) is 12.8 Å². The van der Waals surface area contributed by atoms with Gasteiger partial charge in [0.25, 0.3) is 0 Å². The van der Waals surface area contributed by atoms with Gasteiger partial charge in [-0.25, -0.2) is 0 Å². The fourth-order valence-electron chi connectivity index (χ4n) is 1.05. The number of hydrogen-bond acceptors (Lipinski definition) is 0. The molecule has 0 saturated carbocycles. The first-order chi connectivity index (χ1) is 4.34. The van der Waals surface area contributed by atoms with Crippen molar-refractivity contribution in [2.75, 3.05) is 0 Å². The van der Waals surface area contributed by atoms with Crippen LogP contribution in [0.5, 0.6) is 0 Å². The summed E-state index contributed by atoms with van der Waals surface area (Å²) in [6.45, 7) is 3.71. The molecule has 0 spiro atoms. The second-order valence-electron chi connectivity index (χ2n) is 2.40. The Kier molecular flexibility index (Phi) is 2.77. The summed E-state index contributed by atoms with van der Waals surface area (Å²) in [6, 6.07) is 0. The molecule has 0 fully saturated rings. The van der Waals surface area contributed by atoms with E-state index in [2.05, 4.69) is 18.7 Å². The Morgan fingerprint density at radius 3 is 3.00 bits per heavy atom. The standard InChI is InChI=1S/C8H9.Na/c1-2-5-8-6-3-4-7-8;/h2-3,6H,1,4-5H2;. The van der Waals surface area contributed by atoms with Crippen LogP contribution in [-0.2, 0) is 0 Å². The second-order valence-corrected chi connectivity index (χ2v) is 3.61. The van der Waals surface area contributed by atoms with Gasteiger partial charge < -0.3 is 0 Å². The predicted octanol–water partition coefficient (Wildman–Crippen LogP) is 1.95. The molecule has 1 aliphatic carbocycles. The van der Waals surface area contributed by atoms with E-state index in [4.69, 9.17) is 0 Å². The van der Waals surface area contributed by atoms with Gasteiger partial charge in [-0.15, -0.1) is 0 Å². The van der Waals surface area contributed by atoms with Gasteiger partial charge >= 0.3 is 74.0 Å². The van der Waals surface area contributed by atoms with E-state index in [0.717, 1.165) is 6.42 Å². The van der Waals surface area contributed by atoms with Crippen molar-refractivity contribution < 1.29 is 0 Å². The van der Waals surface area contributed by atoms with E-state index in [1.165, 1.54) is 39.9 Å². The van der Waals surface area contributed by atoms with E-state index in [0.29, 0.717) is 0 Å². The van der Waals surface area contributed by atoms with Crippen LogP contribution < -0.4 is 0 Å². The molecule has 0 radical (unpaired) electrons. The molecule has 0 aliphatic heterocycles. The van der Waals surface area contributed by atoms with Crippen molar-refractivity contribution in [3.05, 3.63) is 33.2 Å². The van der Waals surface area contributed by atoms with Gasteiger partial charge in [-0.05, 0) is 0 Å². The van der Waals surface area contributed by atoms with Gasteiger partial charge in [-0.3, -0.25) is 0 Å². The SMILES string of the molecule is C=CCC1=[C]([Na])CC=C1. The third-order valence-corrected chi connectivity index (χ3v) is 2.71. The van der Waals surface area contributed by atoms with E-state index in [1.54, 1.807) is 2.82 Å². The van der Waals surface area contributed by atoms with Crippen LogP contribution in [0.25, 0.3) is 0 Å². The molecule has 0 aromatic heterocycles. The molecule has 0 unspecified atom stereocenters. The van der Waals surface area contributed by atoms with Gasteiger partial charge in [0.15, 0.2) is 0 Å². The molecule has 9 heavy (non-hydrogen) atoms. The summed E-state index contributed by atoms with van der Waals surface area (Å²) in [4.78, 5) is 0. The molecule has 0 saturated heterocycles. The molecule has 0 heterocycles. The van der Waals surface area contributed by atoms with E-state index < -0.39 is 0 Å². The molecule has 1 rings (SSSR count). The Hall–Kier alpha value is 0.220. The van der Waals surface area contributed by atoms with E-state index in [1.807, 2.05) is 6.08 Å². The number of hydrogen-bond donors (Lipinski definition) is 0. The zero-order valence-electron chi connectivity index (χ0n) is 5.85. The van der Waals surface area contributed by atoms with Gasteiger partial charge in [-0.1, -0.05) is 0 Å². The van der Waals surface area contributed by atoms with E-state index >= 15 is 0 Å². The van der Waals surface area contributed by atoms with Crippen LogP contribution in [0.15, 0.2) is 33.2 Å². The van der Waals surface area contributed by atoms with E-state index in [9.17, 15) is 0 Å². The number of allylic oxidation sites excluding steroid dienone is 5. The van der Waals surface area contributed by atoms with Crippen LogP contribution in [0.4, 0.5) is 0 Å². The van der Waals surface area contributed by atoms with Crippen LogP contribution in [0.3, 0.4) is 0 Å². The Labute approximate surface area is 73.8 Å². The monoisotopic (exact) mass is 128 g/mol. The Morgan fingerprint density at radius 2 is 2.56 bits per heavy atom. The molecule has 0 aromatic carbocycles. The third-order valence-electron chi connectivity index (χ3n) is 1.66. The summed E-state index contributed by atoms with van der Waals surface area (Å²) in [5, 5.41) is 0. The van der Waals surface area contributed by atoms with Crippen LogP contribution in [0.2, 0.25) is 0 Å². The molecule has 0 aromatic rings. The summed E-state index contributed by atoms with van der Waals surface area (Å²) >= 11 is 1.22. The van der Waals surface area contributed by atoms with Gasteiger partial charge in [0.1, 0.15) is 0 Å². The van der Waals surface area contributed by atoms with Gasteiger partial charge in [0, 0.05) is 0 Å². The molecule has 0 bridgehead atoms. The van der Waals surface area contributed by atoms with Crippen molar-refractivity contribution in [1.82, 2.24) is 0 Å². The van der Waals surface area contributed by atoms with Gasteiger partial charge in [0.2, 0.25) is 0 Å². The van der Waals surface area contributed by atoms with Crippen molar-refractivity contribution in [2.24, 2.45) is 0 Å². The maximum absolute atomic E-state index is 3.71. The average molecular weight is 128 g/mol. The van der Waals surface area contributed by atoms with Crippen molar-refractivity contribution in [3.63, 3.8) is 0 Å². The average Bonchev–Trinajstić information content (AvgIpc) is 2.18. The van der Waals surface area contributed by atoms with Crippen LogP contribution in [0, 0.1) is 0 Å². The van der Waals surface area contributed by atoms with Crippen LogP contribution in [0.1, 0.15) is 12.8 Å². The van der Waals surface area contributed by atoms with E-state index in [-0.39, 0.29) is 0 Å². The molecule has 0 N–H and O–H groups in total. The maximum atomic E-state index is 3.71. The molecule has 42 valence electrons. The van der Waals surface area contributed by atoms with Crippen molar-refractivity contribution in [3.8, 4) is 0 Å². The molecule has 0 nitrogen and oxygen atoms in total. The molecule has 1 aliphatic rings. The molecule has 0 atom stereocenters. The summed E-state index contributed by atoms with van der Waals surface area (Å²) < 4.78 is 1.63. The van der Waals surface area contributed by atoms with Crippen LogP contribution >= 0.6 is 0 Å². The summed E-state index contributed by atoms with van der Waals surface area (Å²) in [5.41, 5.74) is 1.51. The first-order valence-electron chi connectivity index (χ1n) is 3.30. The van der Waals surface area contributed by atoms with Crippen molar-refractivity contribution in [1.29, 1.82) is 0 Å². The predicted molar refractivity (Wildman–Crippen MR) is 41.4 cm³/mol. The topological polar surface area (TPSA) is 0 Å². The number of rotatable bonds is 2. The fraction of sp³-hybridized carbons (Fsp3) is 0.250. The summed E-state index contributed by atoms with van der Waals surface area (Å²) in [7, 11) is 0. The molecule has 0 amide bonds. The Balaban J connectivity index is 2.64. The minimum absolute atomic E-state index is 1.06. The minimum atomic E-state index is 1.06. The van der Waals surface area contributed by atoms with Gasteiger partial charge in [-0.2, -0.15) is 0 Å². The summed E-state index contributed by atoms with van der Waals surface area (Å²) in [6.07, 6.45) is 8.71. The molecule has 1 heteroatoms. The second kappa shape index (κ2) is 3.40. The Morgan fingerprint density at radius 1 is 1.78 bits per heavy atom. The van der Waals surface area contributed by atoms with Gasteiger partial charge in [0.05, 0.1) is 0 Å². The quantitative estimate of drug-likeness (QED) is 0.394. The Bertz CT molecular complexity index is 175. The third kappa shape index (κ3) is 1.82. The zero-order valence-corrected chi connectivity index (χ0v) is 7.85. The van der Waals surface area contributed by atoms with Crippen molar-refractivity contribution >= 4 is 27.9 Å². The van der Waals surface area contributed by atoms with Crippen LogP contribution in [-0.4, -0.2) is 27.9 Å². The molecular weight excluding hydrogens is 119 g/mol. The summed E-state index contributed by atoms with van der Waals surface area (Å²) in [5.74, 6) is 0. The molecular formula is C8H9Na. The first-order valence-corrected chi connectivity index (χ1v) is 4.30. The first kappa shape index (κ1) is 7.33. The zero-order chi connectivity index (χ0) is 6.69. The fourth-order valence-corrected chi connectivity index (χ4v) is 1.66. The normalized spacial score (nSPS) is 17.1.